The smallest absolute Gasteiger partial charge is 0.272 e. The van der Waals surface area contributed by atoms with Crippen LogP contribution in [0.2, 0.25) is 0 Å². The molecule has 2 heterocycles. The molecule has 0 radical (unpaired) electrons. The first kappa shape index (κ1) is 11.1. The quantitative estimate of drug-likeness (QED) is 0.867. The predicted molar refractivity (Wildman–Crippen MR) is 66.1 cm³/mol. The highest BCUT2D eigenvalue weighted by atomic mass is 32.2. The Bertz CT molecular complexity index is 571. The number of H-pyrrole nitrogens is 1. The predicted octanol–water partition coefficient (Wildman–Crippen LogP) is 1.10. The van der Waals surface area contributed by atoms with E-state index in [-0.39, 0.29) is 5.56 Å². The number of aryl methyl sites for hydroxylation is 1. The van der Waals surface area contributed by atoms with Gasteiger partial charge in [0.1, 0.15) is 5.52 Å². The molecule has 16 heavy (non-hydrogen) atoms. The van der Waals surface area contributed by atoms with Crippen LogP contribution in [-0.4, -0.2) is 25.8 Å². The summed E-state index contributed by atoms with van der Waals surface area (Å²) in [7, 11) is -0.765. The van der Waals surface area contributed by atoms with Crippen LogP contribution in [0.5, 0.6) is 0 Å². The lowest BCUT2D eigenvalue weighted by Gasteiger charge is -2.03. The first-order valence-electron chi connectivity index (χ1n) is 5.15. The first-order chi connectivity index (χ1) is 7.68. The minimum Gasteiger partial charge on any atom is -0.343 e. The number of rotatable bonds is 4. The van der Waals surface area contributed by atoms with E-state index in [4.69, 9.17) is 0 Å². The van der Waals surface area contributed by atoms with Crippen molar-refractivity contribution >= 4 is 21.7 Å². The van der Waals surface area contributed by atoms with Gasteiger partial charge in [-0.25, -0.2) is 0 Å². The molecule has 0 aliphatic carbocycles. The number of pyridine rings is 1. The van der Waals surface area contributed by atoms with E-state index in [9.17, 15) is 9.00 Å². The Balaban J connectivity index is 2.25. The molecule has 2 rings (SSSR count). The summed E-state index contributed by atoms with van der Waals surface area (Å²) >= 11 is 0. The normalized spacial score (nSPS) is 13.1. The SMILES string of the molecule is CS(=O)CCCn1ccc2cc[nH]c(=O)c21. The Morgan fingerprint density at radius 1 is 1.44 bits per heavy atom. The van der Waals surface area contributed by atoms with E-state index in [0.717, 1.165) is 18.4 Å². The van der Waals surface area contributed by atoms with E-state index < -0.39 is 10.8 Å². The van der Waals surface area contributed by atoms with Crippen LogP contribution < -0.4 is 5.56 Å². The van der Waals surface area contributed by atoms with Crippen LogP contribution in [0.15, 0.2) is 29.3 Å². The van der Waals surface area contributed by atoms with E-state index in [0.29, 0.717) is 11.3 Å². The van der Waals surface area contributed by atoms with Crippen LogP contribution in [-0.2, 0) is 17.3 Å². The van der Waals surface area contributed by atoms with Gasteiger partial charge in [-0.05, 0) is 18.6 Å². The number of hydrogen-bond donors (Lipinski definition) is 1. The Labute approximate surface area is 95.7 Å². The topological polar surface area (TPSA) is 54.9 Å². The monoisotopic (exact) mass is 238 g/mol. The fourth-order valence-corrected chi connectivity index (χ4v) is 2.32. The summed E-state index contributed by atoms with van der Waals surface area (Å²) in [6, 6.07) is 3.80. The highest BCUT2D eigenvalue weighted by molar-refractivity contribution is 7.84. The lowest BCUT2D eigenvalue weighted by molar-refractivity contribution is 0.669. The summed E-state index contributed by atoms with van der Waals surface area (Å²) in [5.74, 6) is 0.671. The van der Waals surface area contributed by atoms with Crippen LogP contribution >= 0.6 is 0 Å². The van der Waals surface area contributed by atoms with Crippen molar-refractivity contribution in [2.75, 3.05) is 12.0 Å². The molecule has 0 fully saturated rings. The van der Waals surface area contributed by atoms with E-state index in [1.54, 1.807) is 12.5 Å². The third kappa shape index (κ3) is 2.24. The van der Waals surface area contributed by atoms with Gasteiger partial charge in [-0.15, -0.1) is 0 Å². The minimum atomic E-state index is -0.765. The molecule has 0 aromatic carbocycles. The van der Waals surface area contributed by atoms with Gasteiger partial charge in [-0.2, -0.15) is 0 Å². The summed E-state index contributed by atoms with van der Waals surface area (Å²) in [4.78, 5) is 14.3. The van der Waals surface area contributed by atoms with Gasteiger partial charge in [0.2, 0.25) is 0 Å². The lowest BCUT2D eigenvalue weighted by atomic mass is 10.3. The molecule has 0 aliphatic heterocycles. The van der Waals surface area contributed by atoms with E-state index in [2.05, 4.69) is 4.98 Å². The number of fused-ring (bicyclic) bond motifs is 1. The molecule has 2 aromatic rings. The van der Waals surface area contributed by atoms with Crippen molar-refractivity contribution in [3.8, 4) is 0 Å². The molecule has 4 nitrogen and oxygen atoms in total. The number of aromatic amines is 1. The van der Waals surface area contributed by atoms with Gasteiger partial charge in [0.15, 0.2) is 0 Å². The Kier molecular flexibility index (Phi) is 3.24. The van der Waals surface area contributed by atoms with E-state index in [1.165, 1.54) is 0 Å². The second-order valence-corrected chi connectivity index (χ2v) is 5.31. The van der Waals surface area contributed by atoms with Crippen LogP contribution in [0.25, 0.3) is 10.9 Å². The Morgan fingerprint density at radius 3 is 3.00 bits per heavy atom. The highest BCUT2D eigenvalue weighted by Gasteiger charge is 2.04. The maximum atomic E-state index is 11.6. The largest absolute Gasteiger partial charge is 0.343 e. The molecular formula is C11H14N2O2S. The molecule has 0 aliphatic rings. The number of nitrogens with one attached hydrogen (secondary N) is 1. The highest BCUT2D eigenvalue weighted by Crippen LogP contribution is 2.10. The second kappa shape index (κ2) is 4.65. The van der Waals surface area contributed by atoms with Gasteiger partial charge in [-0.1, -0.05) is 0 Å². The molecule has 5 heteroatoms. The fourth-order valence-electron chi connectivity index (χ4n) is 1.79. The average Bonchev–Trinajstić information content (AvgIpc) is 2.62. The maximum Gasteiger partial charge on any atom is 0.272 e. The van der Waals surface area contributed by atoms with E-state index >= 15 is 0 Å². The number of hydrogen-bond acceptors (Lipinski definition) is 2. The molecule has 0 amide bonds. The summed E-state index contributed by atoms with van der Waals surface area (Å²) in [6.45, 7) is 0.732. The molecule has 1 unspecified atom stereocenters. The molecule has 2 aromatic heterocycles. The van der Waals surface area contributed by atoms with Gasteiger partial charge in [0, 0.05) is 47.1 Å². The molecule has 0 saturated carbocycles. The van der Waals surface area contributed by atoms with Crippen molar-refractivity contribution < 1.29 is 4.21 Å². The van der Waals surface area contributed by atoms with Gasteiger partial charge < -0.3 is 9.55 Å². The average molecular weight is 238 g/mol. The lowest BCUT2D eigenvalue weighted by Crippen LogP contribution is -2.11. The van der Waals surface area contributed by atoms with Crippen molar-refractivity contribution in [1.82, 2.24) is 9.55 Å². The van der Waals surface area contributed by atoms with Crippen molar-refractivity contribution in [2.45, 2.75) is 13.0 Å². The molecule has 1 atom stereocenters. The standard InChI is InChI=1S/C11H14N2O2S/c1-16(15)8-2-6-13-7-4-9-3-5-12-11(14)10(9)13/h3-5,7H,2,6,8H2,1H3,(H,12,14). The van der Waals surface area contributed by atoms with Gasteiger partial charge in [-0.3, -0.25) is 9.00 Å². The molecular weight excluding hydrogens is 224 g/mol. The zero-order valence-electron chi connectivity index (χ0n) is 9.10. The summed E-state index contributed by atoms with van der Waals surface area (Å²) in [6.07, 6.45) is 6.07. The van der Waals surface area contributed by atoms with Gasteiger partial charge >= 0.3 is 0 Å². The molecule has 0 spiro atoms. The first-order valence-corrected chi connectivity index (χ1v) is 6.88. The third-order valence-corrected chi connectivity index (χ3v) is 3.38. The van der Waals surface area contributed by atoms with E-state index in [1.807, 2.05) is 22.9 Å². The van der Waals surface area contributed by atoms with Crippen LogP contribution in [0.4, 0.5) is 0 Å². The molecule has 1 N–H and O–H groups in total. The van der Waals surface area contributed by atoms with Crippen molar-refractivity contribution in [1.29, 1.82) is 0 Å². The van der Waals surface area contributed by atoms with Crippen LogP contribution in [0.1, 0.15) is 6.42 Å². The minimum absolute atomic E-state index is 0.0693. The number of nitrogens with zero attached hydrogens (tertiary/aromatic N) is 1. The Hall–Kier alpha value is -1.36. The van der Waals surface area contributed by atoms with Crippen molar-refractivity contribution in [3.63, 3.8) is 0 Å². The zero-order valence-corrected chi connectivity index (χ0v) is 9.92. The molecule has 0 bridgehead atoms. The maximum absolute atomic E-state index is 11.6. The summed E-state index contributed by atoms with van der Waals surface area (Å²) in [5, 5.41) is 0.946. The molecule has 86 valence electrons. The molecule has 0 saturated heterocycles. The second-order valence-electron chi connectivity index (χ2n) is 3.75. The Morgan fingerprint density at radius 2 is 2.25 bits per heavy atom. The van der Waals surface area contributed by atoms with Crippen LogP contribution in [0, 0.1) is 0 Å². The van der Waals surface area contributed by atoms with Crippen molar-refractivity contribution in [2.24, 2.45) is 0 Å². The summed E-state index contributed by atoms with van der Waals surface area (Å²) < 4.78 is 12.9. The summed E-state index contributed by atoms with van der Waals surface area (Å²) in [5.41, 5.74) is 0.629. The van der Waals surface area contributed by atoms with Gasteiger partial charge in [0.05, 0.1) is 0 Å². The third-order valence-electron chi connectivity index (χ3n) is 2.52. The van der Waals surface area contributed by atoms with Crippen molar-refractivity contribution in [3.05, 3.63) is 34.9 Å². The zero-order chi connectivity index (χ0) is 11.5. The van der Waals surface area contributed by atoms with Crippen LogP contribution in [0.3, 0.4) is 0 Å². The van der Waals surface area contributed by atoms with Gasteiger partial charge in [0.25, 0.3) is 5.56 Å². The number of aromatic nitrogens is 2. The fraction of sp³-hybridized carbons (Fsp3) is 0.364.